The summed E-state index contributed by atoms with van der Waals surface area (Å²) in [5, 5.41) is 0.526. The van der Waals surface area contributed by atoms with Crippen molar-refractivity contribution in [2.45, 2.75) is 0 Å². The van der Waals surface area contributed by atoms with Gasteiger partial charge in [-0.2, -0.15) is 0 Å². The van der Waals surface area contributed by atoms with Crippen LogP contribution in [0.3, 0.4) is 0 Å². The van der Waals surface area contributed by atoms with Gasteiger partial charge in [0.2, 0.25) is 0 Å². The molecule has 29 heavy (non-hydrogen) atoms. The van der Waals surface area contributed by atoms with Gasteiger partial charge in [-0.25, -0.2) is 13.7 Å². The molecule has 2 aliphatic heterocycles. The van der Waals surface area contributed by atoms with Crippen molar-refractivity contribution in [2.24, 2.45) is 0 Å². The summed E-state index contributed by atoms with van der Waals surface area (Å²) in [4.78, 5) is 28.9. The molecule has 0 bridgehead atoms. The fraction of sp³-hybridized carbons (Fsp3) is 0.200. The van der Waals surface area contributed by atoms with E-state index in [0.717, 1.165) is 18.2 Å². The molecule has 150 valence electrons. The van der Waals surface area contributed by atoms with Crippen LogP contribution in [0.2, 0.25) is 10.0 Å². The predicted molar refractivity (Wildman–Crippen MR) is 105 cm³/mol. The van der Waals surface area contributed by atoms with Crippen LogP contribution in [0.15, 0.2) is 42.1 Å². The predicted octanol–water partition coefficient (Wildman–Crippen LogP) is 3.89. The number of halogens is 4. The lowest BCUT2D eigenvalue weighted by Gasteiger charge is -2.29. The molecule has 0 aromatic heterocycles. The van der Waals surface area contributed by atoms with Crippen LogP contribution in [0.25, 0.3) is 5.57 Å². The van der Waals surface area contributed by atoms with E-state index in [1.807, 2.05) is 0 Å². The summed E-state index contributed by atoms with van der Waals surface area (Å²) in [5.41, 5.74) is -0.0746. The lowest BCUT2D eigenvalue weighted by molar-refractivity contribution is -0.121. The molecule has 2 heterocycles. The summed E-state index contributed by atoms with van der Waals surface area (Å²) in [6.45, 7) is 1.45. The first kappa shape index (κ1) is 19.8. The van der Waals surface area contributed by atoms with Crippen molar-refractivity contribution in [1.29, 1.82) is 0 Å². The number of rotatable bonds is 3. The van der Waals surface area contributed by atoms with Gasteiger partial charge in [0, 0.05) is 29.7 Å². The van der Waals surface area contributed by atoms with Crippen LogP contribution >= 0.6 is 23.2 Å². The first-order valence-corrected chi connectivity index (χ1v) is 9.50. The van der Waals surface area contributed by atoms with Gasteiger partial charge in [0.05, 0.1) is 29.5 Å². The summed E-state index contributed by atoms with van der Waals surface area (Å²) in [6, 6.07) is 7.11. The van der Waals surface area contributed by atoms with Crippen molar-refractivity contribution in [2.75, 3.05) is 31.2 Å². The largest absolute Gasteiger partial charge is 0.378 e. The van der Waals surface area contributed by atoms with E-state index in [4.69, 9.17) is 27.9 Å². The lowest BCUT2D eigenvalue weighted by atomic mass is 10.0. The Labute approximate surface area is 175 Å². The normalized spacial score (nSPS) is 17.5. The third-order valence-electron chi connectivity index (χ3n) is 4.74. The maximum atomic E-state index is 14.4. The molecule has 2 aliphatic rings. The van der Waals surface area contributed by atoms with Crippen molar-refractivity contribution < 1.29 is 23.1 Å². The van der Waals surface area contributed by atoms with Crippen LogP contribution in [0.4, 0.5) is 14.5 Å². The molecule has 9 heteroatoms. The molecule has 2 aromatic carbocycles. The number of ether oxygens (including phenoxy) is 1. The molecular formula is C20H14Cl2F2N2O3. The van der Waals surface area contributed by atoms with Crippen LogP contribution < -0.4 is 4.90 Å². The van der Waals surface area contributed by atoms with Gasteiger partial charge in [0.15, 0.2) is 0 Å². The summed E-state index contributed by atoms with van der Waals surface area (Å²) < 4.78 is 33.5. The van der Waals surface area contributed by atoms with Crippen LogP contribution in [-0.4, -0.2) is 43.0 Å². The number of carbonyl (C=O) groups is 2. The third-order valence-corrected chi connectivity index (χ3v) is 5.28. The van der Waals surface area contributed by atoms with Crippen LogP contribution in [0, 0.1) is 11.6 Å². The second kappa shape index (κ2) is 7.74. The number of carbonyl (C=O) groups excluding carboxylic acids is 2. The summed E-state index contributed by atoms with van der Waals surface area (Å²) >= 11 is 12.3. The fourth-order valence-corrected chi connectivity index (χ4v) is 3.91. The number of hydrogen-bond donors (Lipinski definition) is 0. The van der Waals surface area contributed by atoms with E-state index in [1.54, 1.807) is 4.90 Å². The topological polar surface area (TPSA) is 49.9 Å². The Bertz CT molecular complexity index is 1050. The van der Waals surface area contributed by atoms with Crippen LogP contribution in [-0.2, 0) is 14.3 Å². The Balaban J connectivity index is 1.89. The highest BCUT2D eigenvalue weighted by Crippen LogP contribution is 2.39. The molecule has 4 rings (SSSR count). The van der Waals surface area contributed by atoms with E-state index >= 15 is 0 Å². The molecule has 2 aromatic rings. The third kappa shape index (κ3) is 3.50. The highest BCUT2D eigenvalue weighted by atomic mass is 35.5. The van der Waals surface area contributed by atoms with Gasteiger partial charge < -0.3 is 9.64 Å². The summed E-state index contributed by atoms with van der Waals surface area (Å²) in [7, 11) is 0. The highest BCUT2D eigenvalue weighted by molar-refractivity contribution is 6.47. The molecule has 1 fully saturated rings. The van der Waals surface area contributed by atoms with Crippen molar-refractivity contribution in [3.63, 3.8) is 0 Å². The maximum Gasteiger partial charge on any atom is 0.282 e. The van der Waals surface area contributed by atoms with E-state index in [9.17, 15) is 18.4 Å². The molecular weight excluding hydrogens is 425 g/mol. The Morgan fingerprint density at radius 2 is 1.66 bits per heavy atom. The second-order valence-electron chi connectivity index (χ2n) is 6.49. The average Bonchev–Trinajstić information content (AvgIpc) is 2.95. The molecule has 0 N–H and O–H groups in total. The van der Waals surface area contributed by atoms with E-state index in [1.165, 1.54) is 18.2 Å². The van der Waals surface area contributed by atoms with Gasteiger partial charge in [-0.1, -0.05) is 29.3 Å². The van der Waals surface area contributed by atoms with Crippen LogP contribution in [0.5, 0.6) is 0 Å². The summed E-state index contributed by atoms with van der Waals surface area (Å²) in [6.07, 6.45) is 0. The van der Waals surface area contributed by atoms with Crippen LogP contribution in [0.1, 0.15) is 5.56 Å². The average molecular weight is 439 g/mol. The number of benzene rings is 2. The van der Waals surface area contributed by atoms with E-state index in [2.05, 4.69) is 0 Å². The lowest BCUT2D eigenvalue weighted by Crippen LogP contribution is -2.40. The molecule has 0 spiro atoms. The summed E-state index contributed by atoms with van der Waals surface area (Å²) in [5.74, 6) is -3.20. The molecule has 1 saturated heterocycles. The van der Waals surface area contributed by atoms with Gasteiger partial charge in [-0.05, 0) is 24.3 Å². The van der Waals surface area contributed by atoms with E-state index in [-0.39, 0.29) is 21.9 Å². The highest BCUT2D eigenvalue weighted by Gasteiger charge is 2.44. The monoisotopic (exact) mass is 438 g/mol. The Morgan fingerprint density at radius 1 is 0.931 bits per heavy atom. The number of morpholine rings is 1. The SMILES string of the molecule is O=C1C(c2ccc(Cl)cc2Cl)=C(N2CCOCC2)C(=O)N1c1cc(F)ccc1F. The van der Waals surface area contributed by atoms with Gasteiger partial charge >= 0.3 is 0 Å². The van der Waals surface area contributed by atoms with Gasteiger partial charge in [-0.15, -0.1) is 0 Å². The molecule has 0 aliphatic carbocycles. The van der Waals surface area contributed by atoms with Gasteiger partial charge in [-0.3, -0.25) is 9.59 Å². The fourth-order valence-electron chi connectivity index (χ4n) is 3.41. The van der Waals surface area contributed by atoms with Gasteiger partial charge in [0.25, 0.3) is 11.8 Å². The number of imide groups is 1. The minimum absolute atomic E-state index is 0.0160. The second-order valence-corrected chi connectivity index (χ2v) is 7.33. The minimum Gasteiger partial charge on any atom is -0.378 e. The zero-order valence-corrected chi connectivity index (χ0v) is 16.4. The van der Waals surface area contributed by atoms with E-state index in [0.29, 0.717) is 36.2 Å². The van der Waals surface area contributed by atoms with Crippen molar-refractivity contribution in [3.8, 4) is 0 Å². The number of hydrogen-bond acceptors (Lipinski definition) is 4. The Morgan fingerprint density at radius 3 is 2.34 bits per heavy atom. The maximum absolute atomic E-state index is 14.4. The molecule has 0 unspecified atom stereocenters. The van der Waals surface area contributed by atoms with Crippen molar-refractivity contribution >= 4 is 46.3 Å². The molecule has 0 saturated carbocycles. The Kier molecular flexibility index (Phi) is 5.29. The zero-order valence-electron chi connectivity index (χ0n) is 14.9. The standard InChI is InChI=1S/C20H14Cl2F2N2O3/c21-11-1-3-13(14(22)9-11)17-18(25-5-7-29-8-6-25)20(28)26(19(17)27)16-10-12(23)2-4-15(16)24/h1-4,9-10H,5-8H2. The quantitative estimate of drug-likeness (QED) is 0.682. The van der Waals surface area contributed by atoms with Crippen molar-refractivity contribution in [1.82, 2.24) is 4.90 Å². The van der Waals surface area contributed by atoms with Crippen molar-refractivity contribution in [3.05, 3.63) is 69.3 Å². The zero-order chi connectivity index (χ0) is 20.7. The smallest absolute Gasteiger partial charge is 0.282 e. The Hall–Kier alpha value is -2.48. The first-order chi connectivity index (χ1) is 13.9. The molecule has 5 nitrogen and oxygen atoms in total. The molecule has 0 atom stereocenters. The minimum atomic E-state index is -0.891. The first-order valence-electron chi connectivity index (χ1n) is 8.74. The molecule has 0 radical (unpaired) electrons. The number of nitrogens with zero attached hydrogens (tertiary/aromatic N) is 2. The molecule has 2 amide bonds. The number of anilines is 1. The van der Waals surface area contributed by atoms with Gasteiger partial charge in [0.1, 0.15) is 17.3 Å². The van der Waals surface area contributed by atoms with E-state index < -0.39 is 29.1 Å². The number of amides is 2.